The van der Waals surface area contributed by atoms with E-state index in [9.17, 15) is 0 Å². The van der Waals surface area contributed by atoms with E-state index in [1.165, 1.54) is 25.7 Å². The van der Waals surface area contributed by atoms with E-state index in [1.807, 2.05) is 0 Å². The van der Waals surface area contributed by atoms with Gasteiger partial charge in [-0.05, 0) is 57.9 Å². The van der Waals surface area contributed by atoms with Gasteiger partial charge in [0.15, 0.2) is 0 Å². The molecule has 2 fully saturated rings. The number of hydrogen-bond donors (Lipinski definition) is 1. The van der Waals surface area contributed by atoms with Gasteiger partial charge in [-0.1, -0.05) is 27.2 Å². The SMILES string of the molecule is CC1CCC(C(C)C)C2(C1)CC(C)(C)N(C)C2N. The van der Waals surface area contributed by atoms with Gasteiger partial charge >= 0.3 is 0 Å². The van der Waals surface area contributed by atoms with Crippen molar-refractivity contribution in [3.63, 3.8) is 0 Å². The molecule has 18 heavy (non-hydrogen) atoms. The highest BCUT2D eigenvalue weighted by Gasteiger charge is 2.58. The molecule has 0 bridgehead atoms. The van der Waals surface area contributed by atoms with Crippen molar-refractivity contribution in [2.24, 2.45) is 28.9 Å². The molecule has 2 aliphatic rings. The second kappa shape index (κ2) is 4.49. The predicted molar refractivity (Wildman–Crippen MR) is 78.2 cm³/mol. The largest absolute Gasteiger partial charge is 0.315 e. The van der Waals surface area contributed by atoms with Gasteiger partial charge in [-0.2, -0.15) is 0 Å². The minimum atomic E-state index is 0.239. The molecule has 106 valence electrons. The smallest absolute Gasteiger partial charge is 0.0635 e. The van der Waals surface area contributed by atoms with Crippen LogP contribution >= 0.6 is 0 Å². The van der Waals surface area contributed by atoms with Crippen LogP contribution in [0.1, 0.15) is 60.3 Å². The Labute approximate surface area is 113 Å². The maximum atomic E-state index is 6.68. The van der Waals surface area contributed by atoms with Crippen LogP contribution in [-0.2, 0) is 0 Å². The Morgan fingerprint density at radius 3 is 2.28 bits per heavy atom. The molecule has 2 N–H and O–H groups in total. The minimum absolute atomic E-state index is 0.239. The lowest BCUT2D eigenvalue weighted by molar-refractivity contribution is 0.00436. The van der Waals surface area contributed by atoms with Crippen LogP contribution in [0.2, 0.25) is 0 Å². The summed E-state index contributed by atoms with van der Waals surface area (Å²) < 4.78 is 0. The maximum Gasteiger partial charge on any atom is 0.0635 e. The molecule has 1 saturated carbocycles. The summed E-state index contributed by atoms with van der Waals surface area (Å²) in [6.07, 6.45) is 5.59. The quantitative estimate of drug-likeness (QED) is 0.774. The van der Waals surface area contributed by atoms with E-state index >= 15 is 0 Å². The molecule has 2 heteroatoms. The van der Waals surface area contributed by atoms with Crippen LogP contribution in [0.4, 0.5) is 0 Å². The summed E-state index contributed by atoms with van der Waals surface area (Å²) in [5.74, 6) is 2.40. The second-order valence-corrected chi connectivity index (χ2v) is 8.02. The van der Waals surface area contributed by atoms with Gasteiger partial charge in [-0.25, -0.2) is 0 Å². The van der Waals surface area contributed by atoms with E-state index in [1.54, 1.807) is 0 Å². The predicted octanol–water partition coefficient (Wildman–Crippen LogP) is 3.46. The molecule has 1 spiro atoms. The van der Waals surface area contributed by atoms with Gasteiger partial charge in [0, 0.05) is 11.0 Å². The van der Waals surface area contributed by atoms with Gasteiger partial charge in [-0.3, -0.25) is 4.90 Å². The summed E-state index contributed by atoms with van der Waals surface area (Å²) in [7, 11) is 2.22. The first kappa shape index (κ1) is 14.3. The first-order valence-corrected chi connectivity index (χ1v) is 7.69. The van der Waals surface area contributed by atoms with Gasteiger partial charge in [0.05, 0.1) is 6.17 Å². The molecule has 2 rings (SSSR count). The lowest BCUT2D eigenvalue weighted by Crippen LogP contribution is -2.53. The van der Waals surface area contributed by atoms with Crippen molar-refractivity contribution in [3.8, 4) is 0 Å². The molecular weight excluding hydrogens is 220 g/mol. The normalized spacial score (nSPS) is 45.0. The monoisotopic (exact) mass is 252 g/mol. The molecule has 1 aliphatic heterocycles. The van der Waals surface area contributed by atoms with Gasteiger partial charge in [0.1, 0.15) is 0 Å². The number of rotatable bonds is 1. The molecule has 1 aliphatic carbocycles. The van der Waals surface area contributed by atoms with Crippen LogP contribution in [-0.4, -0.2) is 23.7 Å². The van der Waals surface area contributed by atoms with Crippen molar-refractivity contribution in [2.75, 3.05) is 7.05 Å². The Balaban J connectivity index is 2.36. The summed E-state index contributed by atoms with van der Waals surface area (Å²) in [6, 6.07) is 0. The Morgan fingerprint density at radius 1 is 1.22 bits per heavy atom. The fourth-order valence-corrected chi connectivity index (χ4v) is 4.99. The van der Waals surface area contributed by atoms with E-state index in [0.29, 0.717) is 5.41 Å². The third-order valence-corrected chi connectivity index (χ3v) is 5.97. The first-order chi connectivity index (χ1) is 8.20. The number of hydrogen-bond acceptors (Lipinski definition) is 2. The zero-order valence-electron chi connectivity index (χ0n) is 13.2. The minimum Gasteiger partial charge on any atom is -0.315 e. The molecule has 0 aromatic carbocycles. The van der Waals surface area contributed by atoms with E-state index < -0.39 is 0 Å². The standard InChI is InChI=1S/C16H32N2/c1-11(2)13-8-7-12(3)9-16(13)10-15(4,5)18(6)14(16)17/h11-14H,7-10,17H2,1-6H3. The second-order valence-electron chi connectivity index (χ2n) is 8.02. The van der Waals surface area contributed by atoms with Crippen molar-refractivity contribution in [3.05, 3.63) is 0 Å². The van der Waals surface area contributed by atoms with Crippen molar-refractivity contribution in [2.45, 2.75) is 72.0 Å². The average molecular weight is 252 g/mol. The van der Waals surface area contributed by atoms with Gasteiger partial charge in [-0.15, -0.1) is 0 Å². The fraction of sp³-hybridized carbons (Fsp3) is 1.00. The third kappa shape index (κ3) is 2.02. The molecule has 4 atom stereocenters. The summed E-state index contributed by atoms with van der Waals surface area (Å²) in [6.45, 7) is 11.9. The Hall–Kier alpha value is -0.0800. The van der Waals surface area contributed by atoms with Crippen LogP contribution in [0, 0.1) is 23.2 Å². The summed E-state index contributed by atoms with van der Waals surface area (Å²) in [5, 5.41) is 0. The zero-order valence-corrected chi connectivity index (χ0v) is 13.2. The summed E-state index contributed by atoms with van der Waals surface area (Å²) >= 11 is 0. The van der Waals surface area contributed by atoms with Gasteiger partial charge < -0.3 is 5.73 Å². The molecular formula is C16H32N2. The molecule has 2 nitrogen and oxygen atoms in total. The third-order valence-electron chi connectivity index (χ3n) is 5.97. The fourth-order valence-electron chi connectivity index (χ4n) is 4.99. The molecule has 0 aromatic rings. The molecule has 1 heterocycles. The van der Waals surface area contributed by atoms with Crippen LogP contribution < -0.4 is 5.73 Å². The first-order valence-electron chi connectivity index (χ1n) is 7.69. The van der Waals surface area contributed by atoms with E-state index in [0.717, 1.165) is 17.8 Å². The zero-order chi connectivity index (χ0) is 13.7. The summed E-state index contributed by atoms with van der Waals surface area (Å²) in [5.41, 5.74) is 7.28. The highest BCUT2D eigenvalue weighted by atomic mass is 15.3. The van der Waals surface area contributed by atoms with E-state index in [4.69, 9.17) is 5.73 Å². The highest BCUT2D eigenvalue weighted by Crippen LogP contribution is 2.58. The highest BCUT2D eigenvalue weighted by molar-refractivity contribution is 5.09. The Bertz CT molecular complexity index is 310. The van der Waals surface area contributed by atoms with E-state index in [2.05, 4.69) is 46.6 Å². The topological polar surface area (TPSA) is 29.3 Å². The Kier molecular flexibility index (Phi) is 3.57. The van der Waals surface area contributed by atoms with Crippen molar-refractivity contribution in [1.29, 1.82) is 0 Å². The average Bonchev–Trinajstić information content (AvgIpc) is 2.40. The van der Waals surface area contributed by atoms with Crippen LogP contribution in [0.5, 0.6) is 0 Å². The van der Waals surface area contributed by atoms with Crippen molar-refractivity contribution < 1.29 is 0 Å². The van der Waals surface area contributed by atoms with E-state index in [-0.39, 0.29) is 11.7 Å². The lowest BCUT2D eigenvalue weighted by atomic mass is 9.57. The van der Waals surface area contributed by atoms with Crippen LogP contribution in [0.3, 0.4) is 0 Å². The number of likely N-dealkylation sites (tertiary alicyclic amines) is 1. The number of nitrogens with two attached hydrogens (primary N) is 1. The lowest BCUT2D eigenvalue weighted by Gasteiger charge is -2.49. The molecule has 1 saturated heterocycles. The molecule has 4 unspecified atom stereocenters. The van der Waals surface area contributed by atoms with Crippen molar-refractivity contribution >= 4 is 0 Å². The molecule has 0 radical (unpaired) electrons. The van der Waals surface area contributed by atoms with Gasteiger partial charge in [0.25, 0.3) is 0 Å². The summed E-state index contributed by atoms with van der Waals surface area (Å²) in [4.78, 5) is 2.43. The number of nitrogens with zero attached hydrogens (tertiary/aromatic N) is 1. The van der Waals surface area contributed by atoms with Crippen LogP contribution in [0.25, 0.3) is 0 Å². The Morgan fingerprint density at radius 2 is 1.83 bits per heavy atom. The molecule has 0 amide bonds. The van der Waals surface area contributed by atoms with Crippen molar-refractivity contribution in [1.82, 2.24) is 4.90 Å². The van der Waals surface area contributed by atoms with Gasteiger partial charge in [0.2, 0.25) is 0 Å². The van der Waals surface area contributed by atoms with Crippen LogP contribution in [0.15, 0.2) is 0 Å². The molecule has 0 aromatic heterocycles. The maximum absolute atomic E-state index is 6.68.